The van der Waals surface area contributed by atoms with Crippen molar-refractivity contribution in [3.8, 4) is 0 Å². The molecule has 1 aliphatic rings. The first-order valence-corrected chi connectivity index (χ1v) is 8.72. The summed E-state index contributed by atoms with van der Waals surface area (Å²) >= 11 is 1.70. The van der Waals surface area contributed by atoms with Crippen molar-refractivity contribution in [3.05, 3.63) is 24.3 Å². The zero-order valence-corrected chi connectivity index (χ0v) is 13.9. The lowest BCUT2D eigenvalue weighted by atomic mass is 10.0. The van der Waals surface area contributed by atoms with E-state index in [9.17, 15) is 4.79 Å². The molecule has 1 fully saturated rings. The molecular weight excluding hydrogens is 282 g/mol. The molecule has 4 nitrogen and oxygen atoms in total. The van der Waals surface area contributed by atoms with Crippen LogP contribution in [0.2, 0.25) is 0 Å². The van der Waals surface area contributed by atoms with E-state index in [0.717, 1.165) is 25.2 Å². The third kappa shape index (κ3) is 4.46. The molecule has 0 spiro atoms. The van der Waals surface area contributed by atoms with Crippen LogP contribution in [0.15, 0.2) is 29.2 Å². The quantitative estimate of drug-likeness (QED) is 0.820. The number of anilines is 1. The Morgan fingerprint density at radius 3 is 2.71 bits per heavy atom. The number of hydrogen-bond acceptors (Lipinski definition) is 4. The third-order valence-electron chi connectivity index (χ3n) is 4.15. The van der Waals surface area contributed by atoms with Crippen LogP contribution >= 0.6 is 11.8 Å². The van der Waals surface area contributed by atoms with Gasteiger partial charge in [0.05, 0.1) is 6.04 Å². The molecule has 0 aromatic heterocycles. The van der Waals surface area contributed by atoms with Gasteiger partial charge in [-0.2, -0.15) is 0 Å². The van der Waals surface area contributed by atoms with Gasteiger partial charge in [-0.05, 0) is 63.9 Å². The van der Waals surface area contributed by atoms with Crippen molar-refractivity contribution in [3.63, 3.8) is 0 Å². The van der Waals surface area contributed by atoms with Crippen molar-refractivity contribution < 1.29 is 4.79 Å². The maximum Gasteiger partial charge on any atom is 0.241 e. The lowest BCUT2D eigenvalue weighted by Gasteiger charge is -2.35. The summed E-state index contributed by atoms with van der Waals surface area (Å²) in [5.74, 6) is 0.0728. The van der Waals surface area contributed by atoms with Crippen molar-refractivity contribution >= 4 is 23.4 Å². The van der Waals surface area contributed by atoms with Crippen molar-refractivity contribution in [2.24, 2.45) is 0 Å². The highest BCUT2D eigenvalue weighted by Gasteiger charge is 2.26. The van der Waals surface area contributed by atoms with Gasteiger partial charge in [0, 0.05) is 23.2 Å². The van der Waals surface area contributed by atoms with E-state index in [0.29, 0.717) is 6.04 Å². The number of piperidine rings is 1. The molecule has 2 rings (SSSR count). The van der Waals surface area contributed by atoms with Crippen LogP contribution in [-0.2, 0) is 4.79 Å². The molecule has 21 heavy (non-hydrogen) atoms. The van der Waals surface area contributed by atoms with E-state index in [1.165, 1.54) is 11.3 Å². The highest BCUT2D eigenvalue weighted by molar-refractivity contribution is 7.98. The van der Waals surface area contributed by atoms with Gasteiger partial charge in [0.25, 0.3) is 0 Å². The van der Waals surface area contributed by atoms with Gasteiger partial charge in [-0.3, -0.25) is 9.69 Å². The number of carbonyl (C=O) groups is 1. The van der Waals surface area contributed by atoms with E-state index in [4.69, 9.17) is 0 Å². The highest BCUT2D eigenvalue weighted by atomic mass is 32.2. The summed E-state index contributed by atoms with van der Waals surface area (Å²) in [4.78, 5) is 15.8. The molecule has 0 aliphatic carbocycles. The zero-order chi connectivity index (χ0) is 15.2. The van der Waals surface area contributed by atoms with Crippen LogP contribution in [0.4, 0.5) is 5.69 Å². The fourth-order valence-corrected chi connectivity index (χ4v) is 3.09. The van der Waals surface area contributed by atoms with Crippen molar-refractivity contribution in [1.29, 1.82) is 0 Å². The number of rotatable bonds is 5. The maximum absolute atomic E-state index is 12.4. The van der Waals surface area contributed by atoms with Crippen molar-refractivity contribution in [2.75, 3.05) is 31.7 Å². The molecule has 1 aliphatic heterocycles. The number of carbonyl (C=O) groups excluding carboxylic acids is 1. The lowest BCUT2D eigenvalue weighted by Crippen LogP contribution is -2.51. The van der Waals surface area contributed by atoms with Gasteiger partial charge in [-0.25, -0.2) is 0 Å². The van der Waals surface area contributed by atoms with Crippen molar-refractivity contribution in [2.45, 2.75) is 36.7 Å². The van der Waals surface area contributed by atoms with E-state index in [1.807, 2.05) is 44.5 Å². The van der Waals surface area contributed by atoms with E-state index in [2.05, 4.69) is 15.5 Å². The first-order valence-electron chi connectivity index (χ1n) is 7.50. The van der Waals surface area contributed by atoms with Crippen LogP contribution in [-0.4, -0.2) is 49.3 Å². The van der Waals surface area contributed by atoms with E-state index in [1.54, 1.807) is 11.8 Å². The number of amides is 1. The third-order valence-corrected chi connectivity index (χ3v) is 4.89. The zero-order valence-electron chi connectivity index (χ0n) is 13.1. The minimum absolute atomic E-state index is 0.0728. The summed E-state index contributed by atoms with van der Waals surface area (Å²) in [5, 5.41) is 6.33. The minimum Gasteiger partial charge on any atom is -0.325 e. The predicted molar refractivity (Wildman–Crippen MR) is 90.0 cm³/mol. The smallest absolute Gasteiger partial charge is 0.241 e. The fourth-order valence-electron chi connectivity index (χ4n) is 2.68. The number of benzene rings is 1. The predicted octanol–water partition coefficient (Wildman–Crippen LogP) is 2.42. The Kier molecular flexibility index (Phi) is 6.08. The number of nitrogens with one attached hydrogen (secondary N) is 2. The Bertz CT molecular complexity index is 463. The van der Waals surface area contributed by atoms with Crippen molar-refractivity contribution in [1.82, 2.24) is 10.2 Å². The molecule has 0 radical (unpaired) electrons. The topological polar surface area (TPSA) is 44.4 Å². The first kappa shape index (κ1) is 16.3. The molecule has 5 heteroatoms. The van der Waals surface area contributed by atoms with Crippen LogP contribution in [0.3, 0.4) is 0 Å². The summed E-state index contributed by atoms with van der Waals surface area (Å²) in [6.45, 7) is 3.93. The standard InChI is InChI=1S/C16H25N3OS/c1-12(19-10-4-5-14(11-19)17-2)16(20)18-13-6-8-15(21-3)9-7-13/h6-9,12,14,17H,4-5,10-11H2,1-3H3,(H,18,20). The molecule has 1 aromatic carbocycles. The normalized spacial score (nSPS) is 21.0. The lowest BCUT2D eigenvalue weighted by molar-refractivity contribution is -0.121. The Hall–Kier alpha value is -1.04. The second-order valence-corrected chi connectivity index (χ2v) is 6.40. The minimum atomic E-state index is -0.0959. The largest absolute Gasteiger partial charge is 0.325 e. The van der Waals surface area contributed by atoms with Crippen LogP contribution in [0.5, 0.6) is 0 Å². The maximum atomic E-state index is 12.4. The van der Waals surface area contributed by atoms with Gasteiger partial charge < -0.3 is 10.6 Å². The van der Waals surface area contributed by atoms with Gasteiger partial charge in [0.1, 0.15) is 0 Å². The van der Waals surface area contributed by atoms with Gasteiger partial charge in [0.15, 0.2) is 0 Å². The van der Waals surface area contributed by atoms with Gasteiger partial charge >= 0.3 is 0 Å². The van der Waals surface area contributed by atoms with E-state index < -0.39 is 0 Å². The highest BCUT2D eigenvalue weighted by Crippen LogP contribution is 2.18. The Morgan fingerprint density at radius 1 is 1.38 bits per heavy atom. The molecular formula is C16H25N3OS. The number of likely N-dealkylation sites (tertiary alicyclic amines) is 1. The Balaban J connectivity index is 1.92. The molecule has 1 amide bonds. The second kappa shape index (κ2) is 7.82. The van der Waals surface area contributed by atoms with Crippen LogP contribution < -0.4 is 10.6 Å². The Morgan fingerprint density at radius 2 is 2.10 bits per heavy atom. The number of nitrogens with zero attached hydrogens (tertiary/aromatic N) is 1. The molecule has 1 heterocycles. The second-order valence-electron chi connectivity index (χ2n) is 5.52. The molecule has 1 aromatic rings. The van der Waals surface area contributed by atoms with Gasteiger partial charge in [-0.15, -0.1) is 11.8 Å². The molecule has 2 N–H and O–H groups in total. The average Bonchev–Trinajstić information content (AvgIpc) is 2.54. The van der Waals surface area contributed by atoms with Gasteiger partial charge in [-0.1, -0.05) is 0 Å². The fraction of sp³-hybridized carbons (Fsp3) is 0.562. The van der Waals surface area contributed by atoms with Gasteiger partial charge in [0.2, 0.25) is 5.91 Å². The molecule has 2 atom stereocenters. The summed E-state index contributed by atoms with van der Waals surface area (Å²) in [6.07, 6.45) is 4.38. The number of hydrogen-bond donors (Lipinski definition) is 2. The average molecular weight is 307 g/mol. The molecule has 116 valence electrons. The summed E-state index contributed by atoms with van der Waals surface area (Å²) in [5.41, 5.74) is 0.867. The summed E-state index contributed by atoms with van der Waals surface area (Å²) in [7, 11) is 1.99. The van der Waals surface area contributed by atoms with E-state index in [-0.39, 0.29) is 11.9 Å². The summed E-state index contributed by atoms with van der Waals surface area (Å²) in [6, 6.07) is 8.38. The SMILES string of the molecule is CNC1CCCN(C(C)C(=O)Nc2ccc(SC)cc2)C1. The monoisotopic (exact) mass is 307 g/mol. The molecule has 0 saturated carbocycles. The van der Waals surface area contributed by atoms with Crippen LogP contribution in [0.25, 0.3) is 0 Å². The van der Waals surface area contributed by atoms with Crippen LogP contribution in [0.1, 0.15) is 19.8 Å². The van der Waals surface area contributed by atoms with Crippen LogP contribution in [0, 0.1) is 0 Å². The number of thioether (sulfide) groups is 1. The first-order chi connectivity index (χ1) is 10.1. The number of likely N-dealkylation sites (N-methyl/N-ethyl adjacent to an activating group) is 1. The van der Waals surface area contributed by atoms with E-state index >= 15 is 0 Å². The molecule has 1 saturated heterocycles. The molecule has 2 unspecified atom stereocenters. The Labute approximate surface area is 131 Å². The summed E-state index contributed by atoms with van der Waals surface area (Å²) < 4.78 is 0. The molecule has 0 bridgehead atoms.